The summed E-state index contributed by atoms with van der Waals surface area (Å²) >= 11 is 1.33. The van der Waals surface area contributed by atoms with E-state index in [4.69, 9.17) is 9.47 Å². The molecule has 0 aliphatic heterocycles. The van der Waals surface area contributed by atoms with Gasteiger partial charge in [-0.15, -0.1) is 11.3 Å². The molecule has 2 amide bonds. The third-order valence-electron chi connectivity index (χ3n) is 4.19. The minimum atomic E-state index is -0.272. The van der Waals surface area contributed by atoms with E-state index in [9.17, 15) is 9.59 Å². The average Bonchev–Trinajstić information content (AvgIpc) is 3.26. The number of hydrogen-bond acceptors (Lipinski definition) is 6. The molecule has 0 spiro atoms. The number of benzene rings is 2. The Kier molecular flexibility index (Phi) is 7.79. The van der Waals surface area contributed by atoms with Gasteiger partial charge in [-0.3, -0.25) is 9.59 Å². The maximum atomic E-state index is 12.3. The third kappa shape index (κ3) is 6.31. The van der Waals surface area contributed by atoms with E-state index >= 15 is 0 Å². The SMILES string of the molecule is COc1ccccc1CNC(=O)c1csc(CNC(=O)CCOc2ccccc2)n1. The molecule has 2 aromatic carbocycles. The first kappa shape index (κ1) is 21.3. The molecule has 156 valence electrons. The number of ether oxygens (including phenoxy) is 2. The van der Waals surface area contributed by atoms with Crippen LogP contribution in [0.3, 0.4) is 0 Å². The van der Waals surface area contributed by atoms with Gasteiger partial charge in [-0.1, -0.05) is 36.4 Å². The van der Waals surface area contributed by atoms with Crippen molar-refractivity contribution < 1.29 is 19.1 Å². The van der Waals surface area contributed by atoms with Crippen LogP contribution in [0.25, 0.3) is 0 Å². The second-order valence-corrected chi connectivity index (χ2v) is 7.25. The quantitative estimate of drug-likeness (QED) is 0.521. The van der Waals surface area contributed by atoms with Crippen LogP contribution in [0.4, 0.5) is 0 Å². The van der Waals surface area contributed by atoms with Crippen molar-refractivity contribution in [1.82, 2.24) is 15.6 Å². The van der Waals surface area contributed by atoms with Crippen molar-refractivity contribution in [3.63, 3.8) is 0 Å². The Bertz CT molecular complexity index is 975. The molecule has 0 fully saturated rings. The second-order valence-electron chi connectivity index (χ2n) is 6.31. The molecular formula is C22H23N3O4S. The Labute approximate surface area is 179 Å². The Balaban J connectivity index is 1.40. The van der Waals surface area contributed by atoms with Crippen molar-refractivity contribution in [2.45, 2.75) is 19.5 Å². The van der Waals surface area contributed by atoms with Gasteiger partial charge in [0.25, 0.3) is 5.91 Å². The van der Waals surface area contributed by atoms with E-state index in [1.165, 1.54) is 11.3 Å². The first-order chi connectivity index (χ1) is 14.7. The number of amides is 2. The van der Waals surface area contributed by atoms with Gasteiger partial charge in [0.05, 0.1) is 26.7 Å². The summed E-state index contributed by atoms with van der Waals surface area (Å²) in [5.41, 5.74) is 1.21. The Morgan fingerprint density at radius 3 is 2.57 bits per heavy atom. The summed E-state index contributed by atoms with van der Waals surface area (Å²) in [6.45, 7) is 0.910. The molecule has 0 aliphatic carbocycles. The summed E-state index contributed by atoms with van der Waals surface area (Å²) in [7, 11) is 1.59. The van der Waals surface area contributed by atoms with E-state index in [1.807, 2.05) is 54.6 Å². The zero-order valence-corrected chi connectivity index (χ0v) is 17.4. The molecule has 0 atom stereocenters. The first-order valence-corrected chi connectivity index (χ1v) is 10.3. The summed E-state index contributed by atoms with van der Waals surface area (Å²) in [5, 5.41) is 7.96. The third-order valence-corrected chi connectivity index (χ3v) is 5.04. The van der Waals surface area contributed by atoms with Crippen LogP contribution in [0.1, 0.15) is 27.5 Å². The number of carbonyl (C=O) groups is 2. The molecule has 1 aromatic heterocycles. The summed E-state index contributed by atoms with van der Waals surface area (Å²) < 4.78 is 10.8. The Morgan fingerprint density at radius 2 is 1.77 bits per heavy atom. The number of carbonyl (C=O) groups excluding carboxylic acids is 2. The number of methoxy groups -OCH3 is 1. The van der Waals surface area contributed by atoms with Gasteiger partial charge in [0.15, 0.2) is 0 Å². The lowest BCUT2D eigenvalue weighted by Gasteiger charge is -2.08. The van der Waals surface area contributed by atoms with Crippen molar-refractivity contribution in [2.75, 3.05) is 13.7 Å². The molecule has 2 N–H and O–H groups in total. The minimum Gasteiger partial charge on any atom is -0.496 e. The van der Waals surface area contributed by atoms with Crippen molar-refractivity contribution in [3.05, 3.63) is 76.2 Å². The minimum absolute atomic E-state index is 0.136. The number of hydrogen-bond donors (Lipinski definition) is 2. The van der Waals surface area contributed by atoms with Gasteiger partial charge >= 0.3 is 0 Å². The van der Waals surface area contributed by atoms with Crippen LogP contribution in [-0.2, 0) is 17.9 Å². The van der Waals surface area contributed by atoms with Crippen LogP contribution in [-0.4, -0.2) is 30.5 Å². The van der Waals surface area contributed by atoms with Gasteiger partial charge in [-0.05, 0) is 18.2 Å². The molecule has 30 heavy (non-hydrogen) atoms. The van der Waals surface area contributed by atoms with Crippen molar-refractivity contribution >= 4 is 23.2 Å². The number of aromatic nitrogens is 1. The maximum absolute atomic E-state index is 12.3. The van der Waals surface area contributed by atoms with Gasteiger partial charge in [-0.25, -0.2) is 4.98 Å². The summed E-state index contributed by atoms with van der Waals surface area (Å²) in [6.07, 6.45) is 0.243. The molecule has 3 aromatic rings. The average molecular weight is 426 g/mol. The highest BCUT2D eigenvalue weighted by Gasteiger charge is 2.12. The lowest BCUT2D eigenvalue weighted by molar-refractivity contribution is -0.121. The summed E-state index contributed by atoms with van der Waals surface area (Å²) in [4.78, 5) is 28.6. The first-order valence-electron chi connectivity index (χ1n) is 9.44. The van der Waals surface area contributed by atoms with Gasteiger partial charge in [0, 0.05) is 17.5 Å². The van der Waals surface area contributed by atoms with Crippen molar-refractivity contribution in [3.8, 4) is 11.5 Å². The summed E-state index contributed by atoms with van der Waals surface area (Å²) in [6, 6.07) is 16.8. The zero-order valence-electron chi connectivity index (χ0n) is 16.6. The van der Waals surface area contributed by atoms with Crippen LogP contribution < -0.4 is 20.1 Å². The number of nitrogens with zero attached hydrogens (tertiary/aromatic N) is 1. The van der Waals surface area contributed by atoms with E-state index in [2.05, 4.69) is 15.6 Å². The Morgan fingerprint density at radius 1 is 1.00 bits per heavy atom. The van der Waals surface area contributed by atoms with E-state index in [-0.39, 0.29) is 24.8 Å². The van der Waals surface area contributed by atoms with E-state index < -0.39 is 0 Å². The van der Waals surface area contributed by atoms with Crippen LogP contribution in [0.15, 0.2) is 60.0 Å². The number of para-hydroxylation sites is 2. The van der Waals surface area contributed by atoms with Crippen molar-refractivity contribution in [2.24, 2.45) is 0 Å². The molecule has 7 nitrogen and oxygen atoms in total. The smallest absolute Gasteiger partial charge is 0.271 e. The summed E-state index contributed by atoms with van der Waals surface area (Å²) in [5.74, 6) is 1.04. The second kappa shape index (κ2) is 11.0. The van der Waals surface area contributed by atoms with Crippen LogP contribution in [0.5, 0.6) is 11.5 Å². The zero-order chi connectivity index (χ0) is 21.2. The molecule has 0 saturated carbocycles. The highest BCUT2D eigenvalue weighted by Crippen LogP contribution is 2.17. The van der Waals surface area contributed by atoms with Crippen LogP contribution in [0.2, 0.25) is 0 Å². The molecule has 8 heteroatoms. The van der Waals surface area contributed by atoms with Gasteiger partial charge in [0.2, 0.25) is 5.91 Å². The van der Waals surface area contributed by atoms with Gasteiger partial charge in [0.1, 0.15) is 22.2 Å². The Hall–Kier alpha value is -3.39. The van der Waals surface area contributed by atoms with E-state index in [0.717, 1.165) is 17.1 Å². The van der Waals surface area contributed by atoms with Gasteiger partial charge < -0.3 is 20.1 Å². The fourth-order valence-corrected chi connectivity index (χ4v) is 3.37. The number of thiazole rings is 1. The van der Waals surface area contributed by atoms with E-state index in [1.54, 1.807) is 12.5 Å². The van der Waals surface area contributed by atoms with Crippen LogP contribution in [0, 0.1) is 0 Å². The highest BCUT2D eigenvalue weighted by molar-refractivity contribution is 7.09. The standard InChI is InChI=1S/C22H23N3O4S/c1-28-19-10-6-5-7-16(19)13-24-22(27)18-15-30-21(25-18)14-23-20(26)11-12-29-17-8-3-2-4-9-17/h2-10,15H,11-14H2,1H3,(H,23,26)(H,24,27). The van der Waals surface area contributed by atoms with Crippen molar-refractivity contribution in [1.29, 1.82) is 0 Å². The molecule has 0 bridgehead atoms. The van der Waals surface area contributed by atoms with E-state index in [0.29, 0.717) is 23.9 Å². The highest BCUT2D eigenvalue weighted by atomic mass is 32.1. The maximum Gasteiger partial charge on any atom is 0.271 e. The van der Waals surface area contributed by atoms with Crippen LogP contribution >= 0.6 is 11.3 Å². The fourth-order valence-electron chi connectivity index (χ4n) is 2.65. The lowest BCUT2D eigenvalue weighted by Crippen LogP contribution is -2.25. The fraction of sp³-hybridized carbons (Fsp3) is 0.227. The molecular weight excluding hydrogens is 402 g/mol. The largest absolute Gasteiger partial charge is 0.496 e. The molecule has 0 radical (unpaired) electrons. The number of rotatable bonds is 10. The molecule has 3 rings (SSSR count). The topological polar surface area (TPSA) is 89.6 Å². The molecule has 0 aliphatic rings. The molecule has 0 saturated heterocycles. The van der Waals surface area contributed by atoms with Gasteiger partial charge in [-0.2, -0.15) is 0 Å². The molecule has 1 heterocycles. The monoisotopic (exact) mass is 425 g/mol. The predicted octanol–water partition coefficient (Wildman–Crippen LogP) is 3.17. The lowest BCUT2D eigenvalue weighted by atomic mass is 10.2. The number of nitrogens with one attached hydrogen (secondary N) is 2. The predicted molar refractivity (Wildman–Crippen MR) is 115 cm³/mol. The molecule has 0 unspecified atom stereocenters. The normalized spacial score (nSPS) is 10.3.